The lowest BCUT2D eigenvalue weighted by atomic mass is 10.1. The number of anilines is 1. The maximum absolute atomic E-state index is 12.8. The van der Waals surface area contributed by atoms with Crippen LogP contribution < -0.4 is 10.6 Å². The van der Waals surface area contributed by atoms with Crippen molar-refractivity contribution >= 4 is 23.5 Å². The second kappa shape index (κ2) is 9.12. The van der Waals surface area contributed by atoms with E-state index in [2.05, 4.69) is 10.6 Å². The molecule has 0 unspecified atom stereocenters. The van der Waals surface area contributed by atoms with Crippen molar-refractivity contribution < 1.29 is 23.5 Å². The fourth-order valence-corrected chi connectivity index (χ4v) is 2.54. The minimum Gasteiger partial charge on any atom is -0.452 e. The van der Waals surface area contributed by atoms with Crippen LogP contribution in [0.1, 0.15) is 28.8 Å². The van der Waals surface area contributed by atoms with Gasteiger partial charge in [-0.3, -0.25) is 9.59 Å². The lowest BCUT2D eigenvalue weighted by Gasteiger charge is -2.08. The monoisotopic (exact) mass is 384 g/mol. The van der Waals surface area contributed by atoms with Gasteiger partial charge in [0.25, 0.3) is 5.91 Å². The number of rotatable bonds is 8. The van der Waals surface area contributed by atoms with Gasteiger partial charge in [0.2, 0.25) is 5.91 Å². The molecule has 1 aliphatic rings. The normalized spacial score (nSPS) is 12.9. The molecule has 1 saturated carbocycles. The quantitative estimate of drug-likeness (QED) is 0.686. The molecule has 1 aliphatic carbocycles. The molecule has 0 radical (unpaired) electrons. The molecule has 28 heavy (non-hydrogen) atoms. The Kier molecular flexibility index (Phi) is 6.37. The first-order valence-corrected chi connectivity index (χ1v) is 9.10. The maximum Gasteiger partial charge on any atom is 0.338 e. The van der Waals surface area contributed by atoms with Gasteiger partial charge in [0.05, 0.1) is 5.56 Å². The minimum absolute atomic E-state index is 0.00682. The number of hydrogen-bond donors (Lipinski definition) is 2. The van der Waals surface area contributed by atoms with Crippen LogP contribution >= 0.6 is 0 Å². The molecule has 2 aromatic rings. The highest BCUT2D eigenvalue weighted by atomic mass is 19.1. The molecule has 0 heterocycles. The van der Waals surface area contributed by atoms with E-state index in [4.69, 9.17) is 4.74 Å². The molecule has 0 bridgehead atoms. The Morgan fingerprint density at radius 1 is 1.00 bits per heavy atom. The summed E-state index contributed by atoms with van der Waals surface area (Å²) >= 11 is 0. The molecule has 146 valence electrons. The van der Waals surface area contributed by atoms with E-state index in [1.807, 2.05) is 0 Å². The van der Waals surface area contributed by atoms with Crippen molar-refractivity contribution in [2.24, 2.45) is 5.92 Å². The molecule has 2 N–H and O–H groups in total. The van der Waals surface area contributed by atoms with Gasteiger partial charge in [-0.05, 0) is 61.2 Å². The second-order valence-corrected chi connectivity index (χ2v) is 6.64. The second-order valence-electron chi connectivity index (χ2n) is 6.64. The van der Waals surface area contributed by atoms with Crippen LogP contribution in [0.5, 0.6) is 0 Å². The molecular formula is C21H21FN2O4. The summed E-state index contributed by atoms with van der Waals surface area (Å²) in [4.78, 5) is 35.5. The molecular weight excluding hydrogens is 363 g/mol. The average molecular weight is 384 g/mol. The molecule has 7 heteroatoms. The number of hydrogen-bond acceptors (Lipinski definition) is 4. The van der Waals surface area contributed by atoms with Gasteiger partial charge < -0.3 is 15.4 Å². The van der Waals surface area contributed by atoms with Crippen LogP contribution in [0.2, 0.25) is 0 Å². The van der Waals surface area contributed by atoms with E-state index >= 15 is 0 Å². The van der Waals surface area contributed by atoms with Gasteiger partial charge >= 0.3 is 5.97 Å². The predicted octanol–water partition coefficient (Wildman–Crippen LogP) is 2.69. The molecule has 6 nitrogen and oxygen atoms in total. The Balaban J connectivity index is 1.37. The number of ether oxygens (including phenoxy) is 1. The number of benzene rings is 2. The molecule has 2 amide bonds. The zero-order chi connectivity index (χ0) is 19.9. The summed E-state index contributed by atoms with van der Waals surface area (Å²) in [7, 11) is 0. The van der Waals surface area contributed by atoms with Crippen molar-refractivity contribution in [3.63, 3.8) is 0 Å². The molecule has 0 aliphatic heterocycles. The highest BCUT2D eigenvalue weighted by Crippen LogP contribution is 2.30. The molecule has 0 spiro atoms. The van der Waals surface area contributed by atoms with Crippen LogP contribution in [0.3, 0.4) is 0 Å². The zero-order valence-corrected chi connectivity index (χ0v) is 15.2. The number of carbonyl (C=O) groups excluding carboxylic acids is 3. The highest BCUT2D eigenvalue weighted by molar-refractivity contribution is 5.95. The first-order chi connectivity index (χ1) is 13.5. The molecule has 3 rings (SSSR count). The van der Waals surface area contributed by atoms with Crippen LogP contribution in [0, 0.1) is 11.7 Å². The SMILES string of the molecule is O=C(COC(=O)c1ccc(NC(=O)C2CC2)cc1)NCCc1ccc(F)cc1. The van der Waals surface area contributed by atoms with Crippen molar-refractivity contribution in [1.29, 1.82) is 0 Å². The van der Waals surface area contributed by atoms with Crippen molar-refractivity contribution in [2.45, 2.75) is 19.3 Å². The summed E-state index contributed by atoms with van der Waals surface area (Å²) in [6.07, 6.45) is 2.39. The minimum atomic E-state index is -0.617. The van der Waals surface area contributed by atoms with Gasteiger partial charge in [-0.1, -0.05) is 12.1 Å². The van der Waals surface area contributed by atoms with Crippen LogP contribution in [-0.4, -0.2) is 30.9 Å². The van der Waals surface area contributed by atoms with Gasteiger partial charge in [-0.25, -0.2) is 9.18 Å². The fourth-order valence-electron chi connectivity index (χ4n) is 2.54. The summed E-state index contributed by atoms with van der Waals surface area (Å²) in [6, 6.07) is 12.4. The van der Waals surface area contributed by atoms with E-state index in [9.17, 15) is 18.8 Å². The zero-order valence-electron chi connectivity index (χ0n) is 15.2. The molecule has 0 atom stereocenters. The topological polar surface area (TPSA) is 84.5 Å². The lowest BCUT2D eigenvalue weighted by molar-refractivity contribution is -0.124. The Hall–Kier alpha value is -3.22. The van der Waals surface area contributed by atoms with Crippen LogP contribution in [-0.2, 0) is 20.7 Å². The molecule has 1 fully saturated rings. The summed E-state index contributed by atoms with van der Waals surface area (Å²) in [5, 5.41) is 5.43. The van der Waals surface area contributed by atoms with E-state index in [-0.39, 0.29) is 24.2 Å². The van der Waals surface area contributed by atoms with E-state index in [0.717, 1.165) is 18.4 Å². The maximum atomic E-state index is 12.8. The Bertz CT molecular complexity index is 846. The third kappa shape index (κ3) is 5.90. The van der Waals surface area contributed by atoms with E-state index in [1.165, 1.54) is 24.3 Å². The standard InChI is InChI=1S/C21H21FN2O4/c22-17-7-1-14(2-8-17)11-12-23-19(25)13-28-21(27)16-5-9-18(10-6-16)24-20(26)15-3-4-15/h1-2,5-10,15H,3-4,11-13H2,(H,23,25)(H,24,26). The van der Waals surface area contributed by atoms with E-state index in [0.29, 0.717) is 24.2 Å². The number of halogens is 1. The molecule has 0 saturated heterocycles. The number of nitrogens with one attached hydrogen (secondary N) is 2. The Morgan fingerprint density at radius 3 is 2.32 bits per heavy atom. The average Bonchev–Trinajstić information content (AvgIpc) is 3.54. The van der Waals surface area contributed by atoms with Gasteiger partial charge in [0.1, 0.15) is 5.82 Å². The van der Waals surface area contributed by atoms with Crippen molar-refractivity contribution in [3.05, 3.63) is 65.5 Å². The fraction of sp³-hybridized carbons (Fsp3) is 0.286. The first kappa shape index (κ1) is 19.5. The summed E-state index contributed by atoms with van der Waals surface area (Å²) in [5.74, 6) is -1.24. The van der Waals surface area contributed by atoms with Crippen LogP contribution in [0.15, 0.2) is 48.5 Å². The van der Waals surface area contributed by atoms with Gasteiger partial charge in [-0.2, -0.15) is 0 Å². The highest BCUT2D eigenvalue weighted by Gasteiger charge is 2.29. The van der Waals surface area contributed by atoms with Crippen LogP contribution in [0.25, 0.3) is 0 Å². The smallest absolute Gasteiger partial charge is 0.338 e. The third-order valence-corrected chi connectivity index (χ3v) is 4.32. The predicted molar refractivity (Wildman–Crippen MR) is 101 cm³/mol. The van der Waals surface area contributed by atoms with Gasteiger partial charge in [-0.15, -0.1) is 0 Å². The lowest BCUT2D eigenvalue weighted by Crippen LogP contribution is -2.30. The molecule has 2 aromatic carbocycles. The number of carbonyl (C=O) groups is 3. The van der Waals surface area contributed by atoms with Crippen molar-refractivity contribution in [2.75, 3.05) is 18.5 Å². The van der Waals surface area contributed by atoms with Gasteiger partial charge in [0.15, 0.2) is 6.61 Å². The van der Waals surface area contributed by atoms with Crippen molar-refractivity contribution in [1.82, 2.24) is 5.32 Å². The summed E-state index contributed by atoms with van der Waals surface area (Å²) in [5.41, 5.74) is 1.81. The van der Waals surface area contributed by atoms with E-state index in [1.54, 1.807) is 24.3 Å². The van der Waals surface area contributed by atoms with Crippen molar-refractivity contribution in [3.8, 4) is 0 Å². The summed E-state index contributed by atoms with van der Waals surface area (Å²) < 4.78 is 17.8. The first-order valence-electron chi connectivity index (χ1n) is 9.10. The van der Waals surface area contributed by atoms with E-state index < -0.39 is 11.9 Å². The summed E-state index contributed by atoms with van der Waals surface area (Å²) in [6.45, 7) is -0.0280. The number of amides is 2. The number of esters is 1. The Labute approximate surface area is 162 Å². The third-order valence-electron chi connectivity index (χ3n) is 4.32. The molecule has 0 aromatic heterocycles. The Morgan fingerprint density at radius 2 is 1.68 bits per heavy atom. The largest absolute Gasteiger partial charge is 0.452 e. The van der Waals surface area contributed by atoms with Crippen LogP contribution in [0.4, 0.5) is 10.1 Å². The van der Waals surface area contributed by atoms with Gasteiger partial charge in [0, 0.05) is 18.2 Å².